The van der Waals surface area contributed by atoms with Crippen LogP contribution < -0.4 is 5.73 Å². The number of aromatic nitrogens is 3. The molecular weight excluding hydrogens is 295 g/mol. The predicted molar refractivity (Wildman–Crippen MR) is 82.8 cm³/mol. The number of nitrogens with two attached hydrogens (primary N) is 1. The Balaban J connectivity index is 2.38. The Morgan fingerprint density at radius 1 is 1.10 bits per heavy atom. The number of hydrogen-bond acceptors (Lipinski definition) is 3. The van der Waals surface area contributed by atoms with Gasteiger partial charge in [0.2, 0.25) is 5.95 Å². The van der Waals surface area contributed by atoms with E-state index < -0.39 is 0 Å². The molecule has 0 atom stereocenters. The Bertz CT molecular complexity index is 824. The zero-order valence-electron chi connectivity index (χ0n) is 11.0. The minimum Gasteiger partial charge on any atom is -0.369 e. The topological polar surface area (TPSA) is 56.7 Å². The van der Waals surface area contributed by atoms with E-state index in [2.05, 4.69) is 9.97 Å². The van der Waals surface area contributed by atoms with Crippen molar-refractivity contribution in [1.82, 2.24) is 14.5 Å². The van der Waals surface area contributed by atoms with Gasteiger partial charge in [-0.3, -0.25) is 4.57 Å². The second-order valence-electron chi connectivity index (χ2n) is 4.66. The summed E-state index contributed by atoms with van der Waals surface area (Å²) < 4.78 is 1.72. The molecule has 0 aliphatic rings. The van der Waals surface area contributed by atoms with Gasteiger partial charge in [-0.1, -0.05) is 23.2 Å². The Morgan fingerprint density at radius 3 is 2.60 bits per heavy atom. The molecule has 3 rings (SSSR count). The number of fused-ring (bicyclic) bond motifs is 1. The van der Waals surface area contributed by atoms with E-state index in [4.69, 9.17) is 28.9 Å². The Hall–Kier alpha value is -1.78. The molecule has 6 heteroatoms. The highest BCUT2D eigenvalue weighted by atomic mass is 35.5. The monoisotopic (exact) mass is 306 g/mol. The van der Waals surface area contributed by atoms with E-state index >= 15 is 0 Å². The Morgan fingerprint density at radius 2 is 1.85 bits per heavy atom. The number of imidazole rings is 1. The van der Waals surface area contributed by atoms with Crippen molar-refractivity contribution >= 4 is 40.3 Å². The summed E-state index contributed by atoms with van der Waals surface area (Å²) in [5.74, 6) is 0.337. The van der Waals surface area contributed by atoms with Gasteiger partial charge in [0.25, 0.3) is 0 Å². The van der Waals surface area contributed by atoms with Crippen molar-refractivity contribution in [3.8, 4) is 5.69 Å². The average molecular weight is 307 g/mol. The largest absolute Gasteiger partial charge is 0.369 e. The number of hydrogen-bond donors (Lipinski definition) is 1. The molecule has 0 fully saturated rings. The molecule has 2 heterocycles. The van der Waals surface area contributed by atoms with Gasteiger partial charge >= 0.3 is 0 Å². The lowest BCUT2D eigenvalue weighted by atomic mass is 10.2. The van der Waals surface area contributed by atoms with Crippen molar-refractivity contribution in [2.24, 2.45) is 0 Å². The van der Waals surface area contributed by atoms with Gasteiger partial charge in [-0.05, 0) is 43.2 Å². The normalized spacial score (nSPS) is 11.2. The van der Waals surface area contributed by atoms with Crippen LogP contribution in [0.25, 0.3) is 16.9 Å². The summed E-state index contributed by atoms with van der Waals surface area (Å²) in [6, 6.07) is 5.48. The SMILES string of the molecule is Cc1cc(Cl)c(-n2c(N)nc3c(C)ccnc32)cc1Cl. The molecule has 3 aromatic rings. The highest BCUT2D eigenvalue weighted by Gasteiger charge is 2.16. The summed E-state index contributed by atoms with van der Waals surface area (Å²) in [5.41, 5.74) is 10.1. The minimum atomic E-state index is 0.337. The van der Waals surface area contributed by atoms with Crippen LogP contribution in [0, 0.1) is 13.8 Å². The fourth-order valence-electron chi connectivity index (χ4n) is 2.16. The van der Waals surface area contributed by atoms with Crippen molar-refractivity contribution in [1.29, 1.82) is 0 Å². The summed E-state index contributed by atoms with van der Waals surface area (Å²) in [7, 11) is 0. The van der Waals surface area contributed by atoms with Crippen molar-refractivity contribution in [2.45, 2.75) is 13.8 Å². The second kappa shape index (κ2) is 4.65. The van der Waals surface area contributed by atoms with Crippen LogP contribution in [0.5, 0.6) is 0 Å². The van der Waals surface area contributed by atoms with Crippen LogP contribution in [0.3, 0.4) is 0 Å². The molecule has 0 amide bonds. The Labute approximate surface area is 126 Å². The van der Waals surface area contributed by atoms with E-state index in [1.54, 1.807) is 22.9 Å². The van der Waals surface area contributed by atoms with Crippen LogP contribution in [0.4, 0.5) is 5.95 Å². The molecule has 0 saturated heterocycles. The van der Waals surface area contributed by atoms with Gasteiger partial charge in [-0.15, -0.1) is 0 Å². The lowest BCUT2D eigenvalue weighted by molar-refractivity contribution is 1.08. The lowest BCUT2D eigenvalue weighted by Crippen LogP contribution is -2.02. The van der Waals surface area contributed by atoms with Gasteiger partial charge in [-0.25, -0.2) is 9.97 Å². The first kappa shape index (κ1) is 13.2. The fourth-order valence-corrected chi connectivity index (χ4v) is 2.62. The molecule has 0 spiro atoms. The molecule has 0 bridgehead atoms. The molecule has 4 nitrogen and oxygen atoms in total. The van der Waals surface area contributed by atoms with E-state index in [1.807, 2.05) is 19.9 Å². The summed E-state index contributed by atoms with van der Waals surface area (Å²) >= 11 is 12.5. The van der Waals surface area contributed by atoms with E-state index in [0.29, 0.717) is 27.3 Å². The highest BCUT2D eigenvalue weighted by molar-refractivity contribution is 6.35. The number of benzene rings is 1. The molecule has 0 aliphatic carbocycles. The zero-order valence-corrected chi connectivity index (χ0v) is 12.5. The van der Waals surface area contributed by atoms with E-state index in [1.165, 1.54) is 0 Å². The number of nitrogens with zero attached hydrogens (tertiary/aromatic N) is 3. The van der Waals surface area contributed by atoms with Crippen molar-refractivity contribution in [3.63, 3.8) is 0 Å². The fraction of sp³-hybridized carbons (Fsp3) is 0.143. The van der Waals surface area contributed by atoms with Crippen LogP contribution in [0.1, 0.15) is 11.1 Å². The highest BCUT2D eigenvalue weighted by Crippen LogP contribution is 2.32. The van der Waals surface area contributed by atoms with Gasteiger partial charge < -0.3 is 5.73 Å². The summed E-state index contributed by atoms with van der Waals surface area (Å²) in [4.78, 5) is 8.71. The first-order chi connectivity index (χ1) is 9.49. The second-order valence-corrected chi connectivity index (χ2v) is 5.47. The molecule has 20 heavy (non-hydrogen) atoms. The summed E-state index contributed by atoms with van der Waals surface area (Å²) in [6.45, 7) is 3.86. The Kier molecular flexibility index (Phi) is 3.07. The minimum absolute atomic E-state index is 0.337. The number of halogens is 2. The number of anilines is 1. The van der Waals surface area contributed by atoms with Crippen LogP contribution in [-0.4, -0.2) is 14.5 Å². The maximum absolute atomic E-state index is 6.31. The average Bonchev–Trinajstić information content (AvgIpc) is 2.72. The molecule has 2 N–H and O–H groups in total. The van der Waals surface area contributed by atoms with E-state index in [0.717, 1.165) is 16.6 Å². The molecule has 1 aromatic carbocycles. The van der Waals surface area contributed by atoms with Crippen LogP contribution in [0.15, 0.2) is 24.4 Å². The van der Waals surface area contributed by atoms with E-state index in [-0.39, 0.29) is 0 Å². The summed E-state index contributed by atoms with van der Waals surface area (Å²) in [6.07, 6.45) is 1.72. The lowest BCUT2D eigenvalue weighted by Gasteiger charge is -2.10. The first-order valence-corrected chi connectivity index (χ1v) is 6.80. The number of pyridine rings is 1. The number of rotatable bonds is 1. The van der Waals surface area contributed by atoms with Crippen LogP contribution >= 0.6 is 23.2 Å². The van der Waals surface area contributed by atoms with Crippen LogP contribution in [0.2, 0.25) is 10.0 Å². The summed E-state index contributed by atoms with van der Waals surface area (Å²) in [5, 5.41) is 1.18. The molecule has 102 valence electrons. The maximum Gasteiger partial charge on any atom is 0.207 e. The van der Waals surface area contributed by atoms with Gasteiger partial charge in [-0.2, -0.15) is 0 Å². The molecule has 0 saturated carbocycles. The third-order valence-electron chi connectivity index (χ3n) is 3.24. The predicted octanol–water partition coefficient (Wildman–Crippen LogP) is 3.93. The van der Waals surface area contributed by atoms with Crippen molar-refractivity contribution in [2.75, 3.05) is 5.73 Å². The standard InChI is InChI=1S/C14H12Cl2N4/c1-7-3-4-18-13-12(7)19-14(17)20(13)11-6-9(15)8(2)5-10(11)16/h3-6H,1-2H3,(H2,17,19). The molecule has 0 aliphatic heterocycles. The first-order valence-electron chi connectivity index (χ1n) is 6.04. The molecular formula is C14H12Cl2N4. The van der Waals surface area contributed by atoms with Crippen LogP contribution in [-0.2, 0) is 0 Å². The van der Waals surface area contributed by atoms with Gasteiger partial charge in [0.1, 0.15) is 5.52 Å². The number of aryl methyl sites for hydroxylation is 2. The van der Waals surface area contributed by atoms with Gasteiger partial charge in [0, 0.05) is 11.2 Å². The molecule has 0 unspecified atom stereocenters. The van der Waals surface area contributed by atoms with E-state index in [9.17, 15) is 0 Å². The van der Waals surface area contributed by atoms with Gasteiger partial charge in [0.15, 0.2) is 5.65 Å². The zero-order chi connectivity index (χ0) is 14.4. The quantitative estimate of drug-likeness (QED) is 0.741. The van der Waals surface area contributed by atoms with Crippen molar-refractivity contribution < 1.29 is 0 Å². The smallest absolute Gasteiger partial charge is 0.207 e. The third-order valence-corrected chi connectivity index (χ3v) is 3.95. The number of nitrogen functional groups attached to an aromatic ring is 1. The third kappa shape index (κ3) is 1.92. The molecule has 0 radical (unpaired) electrons. The maximum atomic E-state index is 6.31. The molecule has 2 aromatic heterocycles. The van der Waals surface area contributed by atoms with Gasteiger partial charge in [0.05, 0.1) is 10.7 Å². The van der Waals surface area contributed by atoms with Crippen molar-refractivity contribution in [3.05, 3.63) is 45.6 Å².